The molecule has 11 nitrogen and oxygen atoms in total. The van der Waals surface area contributed by atoms with Crippen LogP contribution in [0.5, 0.6) is 11.5 Å². The monoisotopic (exact) mass is 604 g/mol. The van der Waals surface area contributed by atoms with Crippen LogP contribution in [0.3, 0.4) is 0 Å². The Bertz CT molecular complexity index is 1620. The van der Waals surface area contributed by atoms with Crippen molar-refractivity contribution in [3.05, 3.63) is 83.4 Å². The molecule has 2 heterocycles. The molecule has 0 aliphatic carbocycles. The minimum atomic E-state index is -4.35. The summed E-state index contributed by atoms with van der Waals surface area (Å²) in [5.41, 5.74) is 7.91. The van der Waals surface area contributed by atoms with Gasteiger partial charge in [0.1, 0.15) is 17.6 Å². The van der Waals surface area contributed by atoms with E-state index in [4.69, 9.17) is 26.0 Å². The summed E-state index contributed by atoms with van der Waals surface area (Å²) in [4.78, 5) is 17.6. The Morgan fingerprint density at radius 2 is 1.56 bits per heavy atom. The topological polar surface area (TPSA) is 153 Å². The summed E-state index contributed by atoms with van der Waals surface area (Å²) in [6.07, 6.45) is 2.14. The maximum atomic E-state index is 14.2. The molecular formula is C31H36N6O5S. The van der Waals surface area contributed by atoms with Crippen LogP contribution in [-0.4, -0.2) is 68.8 Å². The van der Waals surface area contributed by atoms with Crippen LogP contribution in [0.15, 0.2) is 71.6 Å². The van der Waals surface area contributed by atoms with Gasteiger partial charge in [-0.2, -0.15) is 4.31 Å². The van der Waals surface area contributed by atoms with Gasteiger partial charge in [0.2, 0.25) is 0 Å². The fraction of sp³-hybridized carbons (Fsp3) is 0.323. The molecule has 0 radical (unpaired) electrons. The number of carbonyl (C=O) groups is 1. The number of methoxy groups -OCH3 is 1. The van der Waals surface area contributed by atoms with Gasteiger partial charge in [0.25, 0.3) is 15.9 Å². The molecule has 0 atom stereocenters. The van der Waals surface area contributed by atoms with E-state index < -0.39 is 15.9 Å². The van der Waals surface area contributed by atoms with Crippen LogP contribution in [-0.2, 0) is 23.0 Å². The van der Waals surface area contributed by atoms with Gasteiger partial charge in [-0.3, -0.25) is 15.6 Å². The molecule has 226 valence electrons. The number of nitrogens with one attached hydrogen (secondary N) is 2. The first-order chi connectivity index (χ1) is 20.6. The molecule has 5 rings (SSSR count). The SMILES string of the molecule is COc1ccc(C(=O)N(c2ccc3c(c2)CN(C(=N)N)CC3)S(=O)(=O)c2ccc(OC3CCN(C(C)=N)CC3)cc2)cc1. The Morgan fingerprint density at radius 3 is 2.16 bits per heavy atom. The van der Waals surface area contributed by atoms with Gasteiger partial charge in [0.15, 0.2) is 5.96 Å². The first-order valence-electron chi connectivity index (χ1n) is 14.1. The minimum absolute atomic E-state index is 0.0312. The molecule has 1 saturated heterocycles. The molecule has 3 aromatic carbocycles. The number of benzene rings is 3. The van der Waals surface area contributed by atoms with E-state index >= 15 is 0 Å². The van der Waals surface area contributed by atoms with Crippen molar-refractivity contribution in [3.63, 3.8) is 0 Å². The number of ether oxygens (including phenoxy) is 2. The van der Waals surface area contributed by atoms with Crippen molar-refractivity contribution in [2.75, 3.05) is 31.0 Å². The molecule has 4 N–H and O–H groups in total. The molecule has 12 heteroatoms. The highest BCUT2D eigenvalue weighted by atomic mass is 32.2. The third-order valence-corrected chi connectivity index (χ3v) is 9.61. The Hall–Kier alpha value is -4.58. The average Bonchev–Trinajstić information content (AvgIpc) is 3.01. The quantitative estimate of drug-likeness (QED) is 0.272. The van der Waals surface area contributed by atoms with Crippen LogP contribution in [0, 0.1) is 10.8 Å². The van der Waals surface area contributed by atoms with E-state index in [1.807, 2.05) is 11.0 Å². The van der Waals surface area contributed by atoms with Crippen molar-refractivity contribution >= 4 is 33.4 Å². The molecule has 0 bridgehead atoms. The van der Waals surface area contributed by atoms with E-state index in [0.29, 0.717) is 36.8 Å². The minimum Gasteiger partial charge on any atom is -0.497 e. The summed E-state index contributed by atoms with van der Waals surface area (Å²) in [6, 6.07) is 17.5. The third-order valence-electron chi connectivity index (χ3n) is 7.88. The van der Waals surface area contributed by atoms with Crippen LogP contribution in [0.4, 0.5) is 5.69 Å². The predicted molar refractivity (Wildman–Crippen MR) is 165 cm³/mol. The standard InChI is InChI=1S/C31H36N6O5S/c1-21(32)35-17-14-28(15-18-35)42-27-9-11-29(12-10-27)43(39,40)37(30(38)23-4-7-26(41-2)8-5-23)25-6-3-22-13-16-36(31(33)34)20-24(22)19-25/h3-12,19,28,32H,13-18,20H2,1-2H3,(H3,33,34). The Kier molecular flexibility index (Phi) is 8.58. The van der Waals surface area contributed by atoms with Gasteiger partial charge in [-0.1, -0.05) is 6.07 Å². The lowest BCUT2D eigenvalue weighted by molar-refractivity contribution is 0.100. The number of fused-ring (bicyclic) bond motifs is 1. The second kappa shape index (κ2) is 12.3. The van der Waals surface area contributed by atoms with Crippen LogP contribution < -0.4 is 19.5 Å². The third kappa shape index (κ3) is 6.43. The van der Waals surface area contributed by atoms with E-state index in [0.717, 1.165) is 41.4 Å². The number of nitrogens with two attached hydrogens (primary N) is 1. The van der Waals surface area contributed by atoms with Crippen LogP contribution in [0.1, 0.15) is 41.3 Å². The maximum Gasteiger partial charge on any atom is 0.272 e. The molecule has 3 aromatic rings. The van der Waals surface area contributed by atoms with Crippen molar-refractivity contribution < 1.29 is 22.7 Å². The zero-order valence-electron chi connectivity index (χ0n) is 24.2. The van der Waals surface area contributed by atoms with Gasteiger partial charge >= 0.3 is 0 Å². The molecule has 43 heavy (non-hydrogen) atoms. The largest absolute Gasteiger partial charge is 0.497 e. The molecule has 0 unspecified atom stereocenters. The number of hydrogen-bond acceptors (Lipinski definition) is 7. The van der Waals surface area contributed by atoms with Gasteiger partial charge in [-0.15, -0.1) is 0 Å². The zero-order chi connectivity index (χ0) is 30.7. The van der Waals surface area contributed by atoms with Crippen LogP contribution in [0.2, 0.25) is 0 Å². The number of anilines is 1. The normalized spacial score (nSPS) is 15.4. The van der Waals surface area contributed by atoms with Gasteiger partial charge in [0.05, 0.1) is 23.5 Å². The van der Waals surface area contributed by atoms with Crippen LogP contribution >= 0.6 is 0 Å². The highest BCUT2D eigenvalue weighted by Gasteiger charge is 2.33. The number of nitrogens with zero attached hydrogens (tertiary/aromatic N) is 3. The number of guanidine groups is 1. The Labute approximate surface area is 251 Å². The fourth-order valence-electron chi connectivity index (χ4n) is 5.39. The van der Waals surface area contributed by atoms with E-state index in [9.17, 15) is 13.2 Å². The maximum absolute atomic E-state index is 14.2. The number of sulfonamides is 1. The second-order valence-corrected chi connectivity index (χ2v) is 12.5. The first kappa shape index (κ1) is 29.9. The molecular weight excluding hydrogens is 568 g/mol. The molecule has 0 aromatic heterocycles. The van der Waals surface area contributed by atoms with E-state index in [2.05, 4.69) is 0 Å². The van der Waals surface area contributed by atoms with Crippen molar-refractivity contribution in [2.45, 2.75) is 43.7 Å². The first-order valence-corrected chi connectivity index (χ1v) is 15.5. The Morgan fingerprint density at radius 1 is 0.907 bits per heavy atom. The second-order valence-electron chi connectivity index (χ2n) is 10.7. The Balaban J connectivity index is 1.45. The van der Waals surface area contributed by atoms with E-state index in [-0.39, 0.29) is 28.2 Å². The molecule has 0 saturated carbocycles. The summed E-state index contributed by atoms with van der Waals surface area (Å²) in [5, 5.41) is 15.6. The van der Waals surface area contributed by atoms with Crippen molar-refractivity contribution in [3.8, 4) is 11.5 Å². The van der Waals surface area contributed by atoms with Crippen molar-refractivity contribution in [1.29, 1.82) is 10.8 Å². The number of amides is 1. The predicted octanol–water partition coefficient (Wildman–Crippen LogP) is 3.82. The van der Waals surface area contributed by atoms with E-state index in [1.165, 1.54) is 31.4 Å². The van der Waals surface area contributed by atoms with Gasteiger partial charge in [-0.25, -0.2) is 8.42 Å². The summed E-state index contributed by atoms with van der Waals surface area (Å²) in [7, 11) is -2.84. The van der Waals surface area contributed by atoms with Crippen molar-refractivity contribution in [2.24, 2.45) is 5.73 Å². The van der Waals surface area contributed by atoms with E-state index in [1.54, 1.807) is 48.2 Å². The lowest BCUT2D eigenvalue weighted by Crippen LogP contribution is -2.40. The lowest BCUT2D eigenvalue weighted by atomic mass is 9.99. The van der Waals surface area contributed by atoms with Gasteiger partial charge in [0, 0.05) is 44.6 Å². The summed E-state index contributed by atoms with van der Waals surface area (Å²) < 4.78 is 40.5. The number of amidine groups is 1. The molecule has 1 amide bonds. The highest BCUT2D eigenvalue weighted by molar-refractivity contribution is 7.93. The highest BCUT2D eigenvalue weighted by Crippen LogP contribution is 2.31. The number of piperidine rings is 1. The molecule has 2 aliphatic heterocycles. The number of rotatable bonds is 7. The molecule has 2 aliphatic rings. The summed E-state index contributed by atoms with van der Waals surface area (Å²) >= 11 is 0. The molecule has 1 fully saturated rings. The smallest absolute Gasteiger partial charge is 0.272 e. The summed E-state index contributed by atoms with van der Waals surface area (Å²) in [6.45, 7) is 4.17. The number of likely N-dealkylation sites (tertiary alicyclic amines) is 1. The van der Waals surface area contributed by atoms with Crippen LogP contribution in [0.25, 0.3) is 0 Å². The fourth-order valence-corrected chi connectivity index (χ4v) is 6.79. The average molecular weight is 605 g/mol. The molecule has 0 spiro atoms. The number of hydrogen-bond donors (Lipinski definition) is 3. The lowest BCUT2D eigenvalue weighted by Gasteiger charge is -2.32. The summed E-state index contributed by atoms with van der Waals surface area (Å²) in [5.74, 6) is 0.841. The number of carbonyl (C=O) groups excluding carboxylic acids is 1. The van der Waals surface area contributed by atoms with Gasteiger partial charge in [-0.05, 0) is 85.1 Å². The van der Waals surface area contributed by atoms with Gasteiger partial charge < -0.3 is 25.0 Å². The zero-order valence-corrected chi connectivity index (χ0v) is 25.1. The van der Waals surface area contributed by atoms with Crippen molar-refractivity contribution in [1.82, 2.24) is 9.80 Å².